The minimum absolute atomic E-state index is 0.0531. The van der Waals surface area contributed by atoms with Crippen LogP contribution in [0.5, 0.6) is 0 Å². The number of aromatic nitrogens is 2. The highest BCUT2D eigenvalue weighted by molar-refractivity contribution is 6.33. The first kappa shape index (κ1) is 32.8. The fraction of sp³-hybridized carbons (Fsp3) is 0.394. The lowest BCUT2D eigenvalue weighted by molar-refractivity contribution is -0.138. The Morgan fingerprint density at radius 2 is 1.73 bits per heavy atom. The van der Waals surface area contributed by atoms with Gasteiger partial charge in [-0.25, -0.2) is 0 Å². The lowest BCUT2D eigenvalue weighted by atomic mass is 9.76. The topological polar surface area (TPSA) is 137 Å². The van der Waals surface area contributed by atoms with Crippen LogP contribution in [0.2, 0.25) is 5.02 Å². The molecule has 256 valence electrons. The van der Waals surface area contributed by atoms with Crippen LogP contribution in [-0.4, -0.2) is 81.3 Å². The number of fused-ring (bicyclic) bond motifs is 1. The number of carbonyl (C=O) groups is 5. The number of carbonyl (C=O) groups excluding carboxylic acids is 5. The highest BCUT2D eigenvalue weighted by atomic mass is 35.5. The van der Waals surface area contributed by atoms with E-state index in [1.165, 1.54) is 0 Å². The average Bonchev–Trinajstić information content (AvgIpc) is 3.59. The molecule has 0 radical (unpaired) electrons. The van der Waals surface area contributed by atoms with Gasteiger partial charge in [0.2, 0.25) is 11.8 Å². The molecule has 1 saturated carbocycles. The predicted octanol–water partition coefficient (Wildman–Crippen LogP) is 3.80. The standard InChI is InChI=1S/C33H31ClF3N7O5/c34-24-14-20(33(35,36)37)2-5-25(24)39-31(49)32(8-1-9-32)43-18-19(16-38-43)17-41-10-12-42(13-11-41)21-3-4-22-23(15-21)30(48)44(29(22)47)26-6-7-27(45)40-28(26)46/h2-5,14-16,18,26H,1,6-13,17H2,(H,39,49)(H,40,45,46). The van der Waals surface area contributed by atoms with Gasteiger partial charge in [-0.05, 0) is 62.1 Å². The summed E-state index contributed by atoms with van der Waals surface area (Å²) < 4.78 is 40.8. The van der Waals surface area contributed by atoms with Crippen molar-refractivity contribution in [2.24, 2.45) is 0 Å². The Morgan fingerprint density at radius 3 is 2.39 bits per heavy atom. The third kappa shape index (κ3) is 5.94. The van der Waals surface area contributed by atoms with E-state index < -0.39 is 52.9 Å². The molecule has 2 aromatic carbocycles. The number of amides is 5. The SMILES string of the molecule is O=C1CCC(N2C(=O)c3ccc(N4CCN(Cc5cnn(C6(C(=O)Nc7ccc(C(F)(F)F)cc7Cl)CCC6)c5)CC4)cc3C2=O)C(=O)N1. The summed E-state index contributed by atoms with van der Waals surface area (Å²) in [6.07, 6.45) is 0.982. The zero-order valence-electron chi connectivity index (χ0n) is 26.1. The molecular weight excluding hydrogens is 667 g/mol. The van der Waals surface area contributed by atoms with Gasteiger partial charge < -0.3 is 10.2 Å². The molecule has 1 aromatic heterocycles. The van der Waals surface area contributed by atoms with Crippen molar-refractivity contribution < 1.29 is 37.1 Å². The minimum atomic E-state index is -4.55. The molecule has 1 atom stereocenters. The third-order valence-electron chi connectivity index (χ3n) is 9.79. The molecular formula is C33H31ClF3N7O5. The van der Waals surface area contributed by atoms with Crippen molar-refractivity contribution in [1.82, 2.24) is 24.9 Å². The number of benzene rings is 2. The highest BCUT2D eigenvalue weighted by Gasteiger charge is 2.47. The number of hydrogen-bond donors (Lipinski definition) is 2. The molecule has 3 fully saturated rings. The van der Waals surface area contributed by atoms with E-state index in [1.807, 2.05) is 6.20 Å². The van der Waals surface area contributed by atoms with E-state index in [4.69, 9.17) is 11.6 Å². The highest BCUT2D eigenvalue weighted by Crippen LogP contribution is 2.41. The molecule has 16 heteroatoms. The van der Waals surface area contributed by atoms with Gasteiger partial charge in [0, 0.05) is 56.6 Å². The molecule has 12 nitrogen and oxygen atoms in total. The largest absolute Gasteiger partial charge is 0.416 e. The van der Waals surface area contributed by atoms with Crippen LogP contribution in [0, 0.1) is 0 Å². The molecule has 2 saturated heterocycles. The number of rotatable bonds is 7. The summed E-state index contributed by atoms with van der Waals surface area (Å²) in [7, 11) is 0. The van der Waals surface area contributed by atoms with E-state index >= 15 is 0 Å². The Bertz CT molecular complexity index is 1880. The van der Waals surface area contributed by atoms with Crippen LogP contribution in [-0.2, 0) is 32.6 Å². The molecule has 4 heterocycles. The maximum atomic E-state index is 13.4. The summed E-state index contributed by atoms with van der Waals surface area (Å²) in [6.45, 7) is 3.25. The summed E-state index contributed by atoms with van der Waals surface area (Å²) in [5, 5.41) is 9.19. The number of alkyl halides is 3. The van der Waals surface area contributed by atoms with Crippen molar-refractivity contribution in [3.63, 3.8) is 0 Å². The molecule has 5 amide bonds. The van der Waals surface area contributed by atoms with Gasteiger partial charge in [-0.1, -0.05) is 11.6 Å². The third-order valence-corrected chi connectivity index (χ3v) is 10.1. The van der Waals surface area contributed by atoms with Crippen molar-refractivity contribution in [2.45, 2.75) is 56.4 Å². The van der Waals surface area contributed by atoms with Gasteiger partial charge in [-0.3, -0.25) is 43.8 Å². The summed E-state index contributed by atoms with van der Waals surface area (Å²) in [4.78, 5) is 69.0. The van der Waals surface area contributed by atoms with Gasteiger partial charge in [0.25, 0.3) is 17.7 Å². The van der Waals surface area contributed by atoms with Crippen LogP contribution in [0.15, 0.2) is 48.8 Å². The van der Waals surface area contributed by atoms with Gasteiger partial charge in [0.15, 0.2) is 0 Å². The zero-order valence-corrected chi connectivity index (χ0v) is 26.8. The zero-order chi connectivity index (χ0) is 34.7. The molecule has 0 bridgehead atoms. The van der Waals surface area contributed by atoms with Crippen molar-refractivity contribution >= 4 is 52.5 Å². The van der Waals surface area contributed by atoms with Crippen molar-refractivity contribution in [3.8, 4) is 0 Å². The molecule has 3 aliphatic heterocycles. The molecule has 0 spiro atoms. The molecule has 7 rings (SSSR count). The van der Waals surface area contributed by atoms with Gasteiger partial charge >= 0.3 is 6.18 Å². The normalized spacial score (nSPS) is 21.0. The number of hydrogen-bond acceptors (Lipinski definition) is 8. The fourth-order valence-corrected chi connectivity index (χ4v) is 7.09. The summed E-state index contributed by atoms with van der Waals surface area (Å²) in [6, 6.07) is 6.88. The van der Waals surface area contributed by atoms with Gasteiger partial charge in [0.1, 0.15) is 11.6 Å². The average molecular weight is 698 g/mol. The van der Waals surface area contributed by atoms with Crippen molar-refractivity contribution in [2.75, 3.05) is 36.4 Å². The predicted molar refractivity (Wildman–Crippen MR) is 170 cm³/mol. The van der Waals surface area contributed by atoms with Crippen LogP contribution >= 0.6 is 11.6 Å². The van der Waals surface area contributed by atoms with Gasteiger partial charge in [-0.2, -0.15) is 18.3 Å². The number of nitrogens with one attached hydrogen (secondary N) is 2. The van der Waals surface area contributed by atoms with Crippen LogP contribution in [0.1, 0.15) is 63.9 Å². The van der Waals surface area contributed by atoms with Crippen LogP contribution < -0.4 is 15.5 Å². The summed E-state index contributed by atoms with van der Waals surface area (Å²) >= 11 is 6.08. The minimum Gasteiger partial charge on any atom is -0.369 e. The monoisotopic (exact) mass is 697 g/mol. The number of nitrogens with zero attached hydrogens (tertiary/aromatic N) is 5. The lowest BCUT2D eigenvalue weighted by Gasteiger charge is -2.40. The van der Waals surface area contributed by atoms with Crippen LogP contribution in [0.4, 0.5) is 24.5 Å². The Balaban J connectivity index is 0.967. The lowest BCUT2D eigenvalue weighted by Crippen LogP contribution is -2.54. The fourth-order valence-electron chi connectivity index (χ4n) is 6.86. The van der Waals surface area contributed by atoms with E-state index in [2.05, 4.69) is 25.5 Å². The van der Waals surface area contributed by atoms with E-state index in [1.54, 1.807) is 29.1 Å². The first-order valence-corrected chi connectivity index (χ1v) is 16.3. The molecule has 4 aliphatic rings. The van der Waals surface area contributed by atoms with E-state index in [0.717, 1.165) is 40.8 Å². The molecule has 1 aliphatic carbocycles. The quantitative estimate of drug-likeness (QED) is 0.356. The van der Waals surface area contributed by atoms with Gasteiger partial charge in [0.05, 0.1) is 33.6 Å². The van der Waals surface area contributed by atoms with Crippen molar-refractivity contribution in [3.05, 3.63) is 76.1 Å². The smallest absolute Gasteiger partial charge is 0.369 e. The maximum absolute atomic E-state index is 13.4. The number of halogens is 4. The molecule has 3 aromatic rings. The number of anilines is 2. The van der Waals surface area contributed by atoms with Crippen molar-refractivity contribution in [1.29, 1.82) is 0 Å². The van der Waals surface area contributed by atoms with Crippen LogP contribution in [0.25, 0.3) is 0 Å². The Labute approximate surface area is 283 Å². The summed E-state index contributed by atoms with van der Waals surface area (Å²) in [5.74, 6) is -2.56. The Hall–Kier alpha value is -4.76. The van der Waals surface area contributed by atoms with E-state index in [0.29, 0.717) is 45.6 Å². The number of piperazine rings is 1. The van der Waals surface area contributed by atoms with E-state index in [-0.39, 0.29) is 34.7 Å². The Kier molecular flexibility index (Phi) is 8.22. The number of imide groups is 2. The first-order chi connectivity index (χ1) is 23.3. The van der Waals surface area contributed by atoms with Crippen LogP contribution in [0.3, 0.4) is 0 Å². The van der Waals surface area contributed by atoms with E-state index in [9.17, 15) is 37.1 Å². The second-order valence-corrected chi connectivity index (χ2v) is 13.2. The number of piperidine rings is 1. The second-order valence-electron chi connectivity index (χ2n) is 12.8. The maximum Gasteiger partial charge on any atom is 0.416 e. The second kappa shape index (κ2) is 12.3. The first-order valence-electron chi connectivity index (χ1n) is 15.9. The molecule has 49 heavy (non-hydrogen) atoms. The molecule has 1 unspecified atom stereocenters. The molecule has 2 N–H and O–H groups in total. The Morgan fingerprint density at radius 1 is 1.00 bits per heavy atom. The van der Waals surface area contributed by atoms with Gasteiger partial charge in [-0.15, -0.1) is 0 Å². The summed E-state index contributed by atoms with van der Waals surface area (Å²) in [5.41, 5.74) is 0.374.